The van der Waals surface area contributed by atoms with E-state index in [9.17, 15) is 4.79 Å². The van der Waals surface area contributed by atoms with Gasteiger partial charge in [-0.15, -0.1) is 0 Å². The van der Waals surface area contributed by atoms with Crippen molar-refractivity contribution in [3.63, 3.8) is 0 Å². The van der Waals surface area contributed by atoms with Gasteiger partial charge in [-0.2, -0.15) is 4.98 Å². The van der Waals surface area contributed by atoms with Gasteiger partial charge in [-0.05, 0) is 49.6 Å². The molecule has 1 fully saturated rings. The van der Waals surface area contributed by atoms with E-state index in [1.807, 2.05) is 4.90 Å². The van der Waals surface area contributed by atoms with Crippen molar-refractivity contribution >= 4 is 23.2 Å². The number of carbonyl (C=O) groups excluding carboxylic acids is 1. The number of furan rings is 1. The molecule has 0 saturated carbocycles. The fourth-order valence-electron chi connectivity index (χ4n) is 3.12. The van der Waals surface area contributed by atoms with E-state index in [-0.39, 0.29) is 12.5 Å². The van der Waals surface area contributed by atoms with Crippen LogP contribution in [0.25, 0.3) is 11.6 Å². The molecule has 7 nitrogen and oxygen atoms in total. The second kappa shape index (κ2) is 7.84. The van der Waals surface area contributed by atoms with E-state index in [2.05, 4.69) is 15.5 Å². The Kier molecular flexibility index (Phi) is 5.11. The number of amides is 1. The van der Waals surface area contributed by atoms with Crippen molar-refractivity contribution in [3.8, 4) is 11.6 Å². The average molecular weight is 387 g/mol. The average Bonchev–Trinajstić information content (AvgIpc) is 3.38. The number of hydrogen-bond acceptors (Lipinski definition) is 6. The minimum Gasteiger partial charge on any atom is -0.461 e. The first-order valence-electron chi connectivity index (χ1n) is 8.90. The van der Waals surface area contributed by atoms with Gasteiger partial charge in [-0.1, -0.05) is 16.8 Å². The van der Waals surface area contributed by atoms with E-state index in [0.717, 1.165) is 25.9 Å². The number of piperidine rings is 1. The highest BCUT2D eigenvalue weighted by atomic mass is 35.5. The van der Waals surface area contributed by atoms with Gasteiger partial charge in [0.15, 0.2) is 5.76 Å². The fraction of sp³-hybridized carbons (Fsp3) is 0.316. The maximum Gasteiger partial charge on any atom is 0.255 e. The number of carbonyl (C=O) groups is 1. The summed E-state index contributed by atoms with van der Waals surface area (Å²) >= 11 is 6.13. The van der Waals surface area contributed by atoms with E-state index in [1.54, 1.807) is 36.6 Å². The molecular formula is C19H19ClN4O3. The minimum atomic E-state index is 0.00988. The third-order valence-electron chi connectivity index (χ3n) is 4.50. The van der Waals surface area contributed by atoms with Crippen molar-refractivity contribution in [1.82, 2.24) is 15.0 Å². The maximum absolute atomic E-state index is 12.9. The molecule has 0 unspecified atom stereocenters. The van der Waals surface area contributed by atoms with Gasteiger partial charge < -0.3 is 19.2 Å². The lowest BCUT2D eigenvalue weighted by atomic mass is 10.1. The third kappa shape index (κ3) is 3.98. The number of benzene rings is 1. The summed E-state index contributed by atoms with van der Waals surface area (Å²) in [6, 6.07) is 8.74. The number of nitrogens with one attached hydrogen (secondary N) is 1. The van der Waals surface area contributed by atoms with Gasteiger partial charge in [-0.3, -0.25) is 4.79 Å². The van der Waals surface area contributed by atoms with Crippen LogP contribution in [-0.2, 0) is 6.54 Å². The fourth-order valence-corrected chi connectivity index (χ4v) is 3.29. The SMILES string of the molecule is O=C(c1ccc(Cl)cc1NCc1nc(-c2ccco2)no1)N1CCCCC1. The van der Waals surface area contributed by atoms with E-state index >= 15 is 0 Å². The van der Waals surface area contributed by atoms with Crippen LogP contribution in [0.5, 0.6) is 0 Å². The summed E-state index contributed by atoms with van der Waals surface area (Å²) in [7, 11) is 0. The molecular weight excluding hydrogens is 368 g/mol. The van der Waals surface area contributed by atoms with Crippen LogP contribution in [-0.4, -0.2) is 34.0 Å². The minimum absolute atomic E-state index is 0.00988. The molecule has 3 heterocycles. The normalized spacial score (nSPS) is 14.3. The summed E-state index contributed by atoms with van der Waals surface area (Å²) in [5.41, 5.74) is 1.24. The number of likely N-dealkylation sites (tertiary alicyclic amines) is 1. The van der Waals surface area contributed by atoms with Crippen LogP contribution < -0.4 is 5.32 Å². The predicted molar refractivity (Wildman–Crippen MR) is 101 cm³/mol. The summed E-state index contributed by atoms with van der Waals surface area (Å²) in [5.74, 6) is 1.31. The Morgan fingerprint density at radius 2 is 2.07 bits per heavy atom. The highest BCUT2D eigenvalue weighted by Gasteiger charge is 2.21. The predicted octanol–water partition coefficient (Wildman–Crippen LogP) is 4.22. The van der Waals surface area contributed by atoms with E-state index in [1.165, 1.54) is 6.42 Å². The number of halogens is 1. The Bertz CT molecular complexity index is 917. The van der Waals surface area contributed by atoms with E-state index in [4.69, 9.17) is 20.5 Å². The van der Waals surface area contributed by atoms with Crippen molar-refractivity contribution in [2.24, 2.45) is 0 Å². The molecule has 1 amide bonds. The lowest BCUT2D eigenvalue weighted by Gasteiger charge is -2.27. The molecule has 0 aliphatic carbocycles. The van der Waals surface area contributed by atoms with Crippen molar-refractivity contribution in [2.75, 3.05) is 18.4 Å². The van der Waals surface area contributed by atoms with E-state index in [0.29, 0.717) is 33.7 Å². The first-order chi connectivity index (χ1) is 13.2. The molecule has 2 aromatic heterocycles. The third-order valence-corrected chi connectivity index (χ3v) is 4.73. The molecule has 1 aliphatic rings. The molecule has 27 heavy (non-hydrogen) atoms. The van der Waals surface area contributed by atoms with Gasteiger partial charge in [0, 0.05) is 23.8 Å². The smallest absolute Gasteiger partial charge is 0.255 e. The second-order valence-corrected chi connectivity index (χ2v) is 6.82. The van der Waals surface area contributed by atoms with Crippen LogP contribution in [0.1, 0.15) is 35.5 Å². The molecule has 0 spiro atoms. The Hall–Kier alpha value is -2.80. The van der Waals surface area contributed by atoms with Crippen LogP contribution >= 0.6 is 11.6 Å². The zero-order chi connectivity index (χ0) is 18.6. The molecule has 4 rings (SSSR count). The van der Waals surface area contributed by atoms with Crippen LogP contribution in [0.3, 0.4) is 0 Å². The first-order valence-corrected chi connectivity index (χ1v) is 9.27. The topological polar surface area (TPSA) is 84.4 Å². The zero-order valence-electron chi connectivity index (χ0n) is 14.7. The number of aromatic nitrogens is 2. The second-order valence-electron chi connectivity index (χ2n) is 6.39. The molecule has 0 bridgehead atoms. The summed E-state index contributed by atoms with van der Waals surface area (Å²) in [6.45, 7) is 1.85. The lowest BCUT2D eigenvalue weighted by Crippen LogP contribution is -2.36. The highest BCUT2D eigenvalue weighted by Crippen LogP contribution is 2.25. The molecule has 0 atom stereocenters. The number of hydrogen-bond donors (Lipinski definition) is 1. The van der Waals surface area contributed by atoms with Gasteiger partial charge in [0.05, 0.1) is 18.4 Å². The first kappa shape index (κ1) is 17.6. The van der Waals surface area contributed by atoms with E-state index < -0.39 is 0 Å². The standard InChI is InChI=1S/C19H19ClN4O3/c20-13-6-7-14(19(25)24-8-2-1-3-9-24)15(11-13)21-12-17-22-18(23-27-17)16-5-4-10-26-16/h4-7,10-11,21H,1-3,8-9,12H2. The zero-order valence-corrected chi connectivity index (χ0v) is 15.4. The largest absolute Gasteiger partial charge is 0.461 e. The highest BCUT2D eigenvalue weighted by molar-refractivity contribution is 6.31. The Morgan fingerprint density at radius 3 is 2.85 bits per heavy atom. The van der Waals surface area contributed by atoms with Gasteiger partial charge in [0.1, 0.15) is 0 Å². The summed E-state index contributed by atoms with van der Waals surface area (Å²) < 4.78 is 10.5. The molecule has 140 valence electrons. The van der Waals surface area contributed by atoms with Gasteiger partial charge in [0.2, 0.25) is 11.7 Å². The van der Waals surface area contributed by atoms with Crippen LogP contribution in [0.4, 0.5) is 5.69 Å². The number of rotatable bonds is 5. The molecule has 3 aromatic rings. The van der Waals surface area contributed by atoms with Crippen molar-refractivity contribution in [1.29, 1.82) is 0 Å². The Labute approximate surface area is 161 Å². The van der Waals surface area contributed by atoms with Crippen LogP contribution in [0.15, 0.2) is 45.5 Å². The maximum atomic E-state index is 12.9. The molecule has 1 N–H and O–H groups in total. The summed E-state index contributed by atoms with van der Waals surface area (Å²) in [4.78, 5) is 19.1. The van der Waals surface area contributed by atoms with Crippen LogP contribution in [0.2, 0.25) is 5.02 Å². The van der Waals surface area contributed by atoms with Crippen LogP contribution in [0, 0.1) is 0 Å². The lowest BCUT2D eigenvalue weighted by molar-refractivity contribution is 0.0725. The van der Waals surface area contributed by atoms with Gasteiger partial charge in [0.25, 0.3) is 5.91 Å². The monoisotopic (exact) mass is 386 g/mol. The van der Waals surface area contributed by atoms with Gasteiger partial charge in [-0.25, -0.2) is 0 Å². The summed E-state index contributed by atoms with van der Waals surface area (Å²) in [5, 5.41) is 7.64. The van der Waals surface area contributed by atoms with Crippen molar-refractivity contribution < 1.29 is 13.7 Å². The summed E-state index contributed by atoms with van der Waals surface area (Å²) in [6.07, 6.45) is 4.80. The van der Waals surface area contributed by atoms with Crippen molar-refractivity contribution in [2.45, 2.75) is 25.8 Å². The quantitative estimate of drug-likeness (QED) is 0.706. The molecule has 1 saturated heterocycles. The Balaban J connectivity index is 1.50. The number of anilines is 1. The van der Waals surface area contributed by atoms with Gasteiger partial charge >= 0.3 is 0 Å². The molecule has 1 aromatic carbocycles. The molecule has 8 heteroatoms. The molecule has 0 radical (unpaired) electrons. The Morgan fingerprint density at radius 1 is 1.22 bits per heavy atom. The molecule has 1 aliphatic heterocycles. The van der Waals surface area contributed by atoms with Crippen molar-refractivity contribution in [3.05, 3.63) is 53.1 Å². The number of nitrogens with zero attached hydrogens (tertiary/aromatic N) is 3.